The Kier molecular flexibility index (Phi) is 4.37. The van der Waals surface area contributed by atoms with Gasteiger partial charge in [0.15, 0.2) is 0 Å². The Morgan fingerprint density at radius 2 is 2.00 bits per heavy atom. The van der Waals surface area contributed by atoms with E-state index in [0.717, 1.165) is 0 Å². The molecule has 0 atom stereocenters. The molecule has 104 valence electrons. The molecule has 0 aliphatic rings. The van der Waals surface area contributed by atoms with E-state index in [1.54, 1.807) is 36.4 Å². The second kappa shape index (κ2) is 6.03. The molecule has 3 N–H and O–H groups in total. The minimum atomic E-state index is -0.377. The van der Waals surface area contributed by atoms with E-state index in [9.17, 15) is 4.79 Å². The average molecular weight is 311 g/mol. The maximum atomic E-state index is 12.3. The van der Waals surface area contributed by atoms with Gasteiger partial charge in [0, 0.05) is 5.02 Å². The molecule has 0 saturated carbocycles. The fourth-order valence-corrected chi connectivity index (χ4v) is 2.10. The second-order valence-electron chi connectivity index (χ2n) is 4.00. The number of halogens is 2. The lowest BCUT2D eigenvalue weighted by Crippen LogP contribution is -2.14. The number of anilines is 2. The Labute approximate surface area is 126 Å². The van der Waals surface area contributed by atoms with Gasteiger partial charge in [0.2, 0.25) is 0 Å². The number of nitrogens with two attached hydrogens (primary N) is 1. The topological polar surface area (TPSA) is 64.3 Å². The molecule has 0 aliphatic carbocycles. The van der Waals surface area contributed by atoms with Crippen molar-refractivity contribution in [1.29, 1.82) is 0 Å². The number of nitrogen functional groups attached to an aromatic ring is 1. The summed E-state index contributed by atoms with van der Waals surface area (Å²) in [5.74, 6) is -0.000980. The summed E-state index contributed by atoms with van der Waals surface area (Å²) in [6.45, 7) is 0. The third-order valence-electron chi connectivity index (χ3n) is 2.69. The fraction of sp³-hybridized carbons (Fsp3) is 0.0714. The van der Waals surface area contributed by atoms with Gasteiger partial charge in [-0.2, -0.15) is 0 Å². The fourth-order valence-electron chi connectivity index (χ4n) is 1.71. The van der Waals surface area contributed by atoms with Crippen LogP contribution in [0.25, 0.3) is 0 Å². The Balaban J connectivity index is 2.33. The number of carbonyl (C=O) groups excluding carboxylic acids is 1. The van der Waals surface area contributed by atoms with Gasteiger partial charge in [-0.3, -0.25) is 4.79 Å². The number of amides is 1. The average Bonchev–Trinajstić information content (AvgIpc) is 2.42. The SMILES string of the molecule is COc1cc(Cl)ccc1C(=O)Nc1c(N)cccc1Cl. The molecule has 4 nitrogen and oxygen atoms in total. The van der Waals surface area contributed by atoms with Gasteiger partial charge in [-0.15, -0.1) is 0 Å². The van der Waals surface area contributed by atoms with Crippen molar-refractivity contribution in [3.8, 4) is 5.75 Å². The molecular weight excluding hydrogens is 299 g/mol. The summed E-state index contributed by atoms with van der Waals surface area (Å²) in [5, 5.41) is 3.52. The van der Waals surface area contributed by atoms with Crippen LogP contribution < -0.4 is 15.8 Å². The summed E-state index contributed by atoms with van der Waals surface area (Å²) >= 11 is 11.9. The lowest BCUT2D eigenvalue weighted by Gasteiger charge is -2.12. The van der Waals surface area contributed by atoms with Crippen LogP contribution in [0.1, 0.15) is 10.4 Å². The lowest BCUT2D eigenvalue weighted by atomic mass is 10.1. The van der Waals surface area contributed by atoms with Crippen molar-refractivity contribution < 1.29 is 9.53 Å². The molecule has 0 aromatic heterocycles. The Morgan fingerprint density at radius 3 is 2.65 bits per heavy atom. The van der Waals surface area contributed by atoms with E-state index in [1.165, 1.54) is 7.11 Å². The van der Waals surface area contributed by atoms with Gasteiger partial charge in [0.1, 0.15) is 5.75 Å². The van der Waals surface area contributed by atoms with E-state index in [0.29, 0.717) is 32.7 Å². The molecule has 0 radical (unpaired) electrons. The number of rotatable bonds is 3. The van der Waals surface area contributed by atoms with Crippen LogP contribution in [0.3, 0.4) is 0 Å². The van der Waals surface area contributed by atoms with Crippen molar-refractivity contribution in [1.82, 2.24) is 0 Å². The van der Waals surface area contributed by atoms with Crippen LogP contribution in [-0.4, -0.2) is 13.0 Å². The first-order chi connectivity index (χ1) is 9.52. The van der Waals surface area contributed by atoms with Crippen LogP contribution >= 0.6 is 23.2 Å². The van der Waals surface area contributed by atoms with E-state index in [-0.39, 0.29) is 5.91 Å². The number of para-hydroxylation sites is 1. The third kappa shape index (κ3) is 2.98. The monoisotopic (exact) mass is 310 g/mol. The zero-order valence-corrected chi connectivity index (χ0v) is 12.1. The van der Waals surface area contributed by atoms with Crippen LogP contribution in [0.4, 0.5) is 11.4 Å². The molecule has 0 heterocycles. The Morgan fingerprint density at radius 1 is 1.25 bits per heavy atom. The highest BCUT2D eigenvalue weighted by atomic mass is 35.5. The number of carbonyl (C=O) groups is 1. The summed E-state index contributed by atoms with van der Waals surface area (Å²) in [6, 6.07) is 9.74. The number of ether oxygens (including phenoxy) is 1. The van der Waals surface area contributed by atoms with Gasteiger partial charge in [-0.05, 0) is 30.3 Å². The first-order valence-electron chi connectivity index (χ1n) is 5.72. The predicted molar refractivity (Wildman–Crippen MR) is 81.8 cm³/mol. The number of benzene rings is 2. The smallest absolute Gasteiger partial charge is 0.259 e. The quantitative estimate of drug-likeness (QED) is 0.847. The molecule has 0 spiro atoms. The van der Waals surface area contributed by atoms with Gasteiger partial charge in [0.05, 0.1) is 29.1 Å². The first-order valence-corrected chi connectivity index (χ1v) is 6.47. The summed E-state index contributed by atoms with van der Waals surface area (Å²) in [5.41, 5.74) is 6.89. The van der Waals surface area contributed by atoms with Gasteiger partial charge in [0.25, 0.3) is 5.91 Å². The van der Waals surface area contributed by atoms with Gasteiger partial charge in [-0.1, -0.05) is 29.3 Å². The number of hydrogen-bond acceptors (Lipinski definition) is 3. The summed E-state index contributed by atoms with van der Waals surface area (Å²) < 4.78 is 5.14. The lowest BCUT2D eigenvalue weighted by molar-refractivity contribution is 0.102. The molecular formula is C14H12Cl2N2O2. The van der Waals surface area contributed by atoms with E-state index < -0.39 is 0 Å². The molecule has 2 rings (SSSR count). The molecule has 20 heavy (non-hydrogen) atoms. The number of methoxy groups -OCH3 is 1. The molecule has 0 bridgehead atoms. The Hall–Kier alpha value is -1.91. The van der Waals surface area contributed by atoms with E-state index in [2.05, 4.69) is 5.32 Å². The van der Waals surface area contributed by atoms with Gasteiger partial charge in [-0.25, -0.2) is 0 Å². The predicted octanol–water partition coefficient (Wildman–Crippen LogP) is 3.84. The van der Waals surface area contributed by atoms with Gasteiger partial charge >= 0.3 is 0 Å². The zero-order valence-electron chi connectivity index (χ0n) is 10.6. The minimum Gasteiger partial charge on any atom is -0.496 e. The standard InChI is InChI=1S/C14H12Cl2N2O2/c1-20-12-7-8(15)5-6-9(12)14(19)18-13-10(16)3-2-4-11(13)17/h2-7H,17H2,1H3,(H,18,19). The van der Waals surface area contributed by atoms with Crippen LogP contribution in [0.2, 0.25) is 10.0 Å². The van der Waals surface area contributed by atoms with E-state index >= 15 is 0 Å². The van der Waals surface area contributed by atoms with Crippen molar-refractivity contribution >= 4 is 40.5 Å². The van der Waals surface area contributed by atoms with Crippen LogP contribution in [0.15, 0.2) is 36.4 Å². The normalized spacial score (nSPS) is 10.2. The van der Waals surface area contributed by atoms with Crippen LogP contribution in [0.5, 0.6) is 5.75 Å². The maximum Gasteiger partial charge on any atom is 0.259 e. The third-order valence-corrected chi connectivity index (χ3v) is 3.24. The molecule has 0 unspecified atom stereocenters. The summed E-state index contributed by atoms with van der Waals surface area (Å²) in [6.07, 6.45) is 0. The highest BCUT2D eigenvalue weighted by Crippen LogP contribution is 2.30. The van der Waals surface area contributed by atoms with Crippen LogP contribution in [0, 0.1) is 0 Å². The second-order valence-corrected chi connectivity index (χ2v) is 4.85. The van der Waals surface area contributed by atoms with E-state index in [4.69, 9.17) is 33.7 Å². The molecule has 2 aromatic rings. The number of hydrogen-bond donors (Lipinski definition) is 2. The molecule has 0 saturated heterocycles. The minimum absolute atomic E-state index is 0.344. The summed E-state index contributed by atoms with van der Waals surface area (Å²) in [7, 11) is 1.46. The van der Waals surface area contributed by atoms with Gasteiger partial charge < -0.3 is 15.8 Å². The van der Waals surface area contributed by atoms with Crippen molar-refractivity contribution in [2.75, 3.05) is 18.2 Å². The number of nitrogens with one attached hydrogen (secondary N) is 1. The van der Waals surface area contributed by atoms with Crippen molar-refractivity contribution in [3.63, 3.8) is 0 Å². The zero-order chi connectivity index (χ0) is 14.7. The molecule has 6 heteroatoms. The van der Waals surface area contributed by atoms with E-state index in [1.807, 2.05) is 0 Å². The van der Waals surface area contributed by atoms with Crippen LogP contribution in [-0.2, 0) is 0 Å². The largest absolute Gasteiger partial charge is 0.496 e. The highest BCUT2D eigenvalue weighted by molar-refractivity contribution is 6.34. The molecule has 1 amide bonds. The molecule has 0 aliphatic heterocycles. The molecule has 2 aromatic carbocycles. The van der Waals surface area contributed by atoms with Crippen molar-refractivity contribution in [3.05, 3.63) is 52.0 Å². The maximum absolute atomic E-state index is 12.3. The summed E-state index contributed by atoms with van der Waals surface area (Å²) in [4.78, 5) is 12.3. The van der Waals surface area contributed by atoms with Crippen molar-refractivity contribution in [2.24, 2.45) is 0 Å². The first kappa shape index (κ1) is 14.5. The molecule has 0 fully saturated rings. The van der Waals surface area contributed by atoms with Crippen molar-refractivity contribution in [2.45, 2.75) is 0 Å². The Bertz CT molecular complexity index is 639. The highest BCUT2D eigenvalue weighted by Gasteiger charge is 2.15.